The molecule has 0 fully saturated rings. The molecule has 0 aromatic rings. The Hall–Kier alpha value is -0.280. The molecule has 0 heterocycles. The molecule has 0 aliphatic rings. The number of carbonyl (C=O) groups is 1. The number of ketones is 1. The van der Waals surface area contributed by atoms with Gasteiger partial charge in [-0.15, -0.1) is 0 Å². The quantitative estimate of drug-likeness (QED) is 0.396. The molecule has 0 radical (unpaired) electrons. The first-order chi connectivity index (χ1) is 4.98. The summed E-state index contributed by atoms with van der Waals surface area (Å²) in [7, 11) is 0. The lowest BCUT2D eigenvalue weighted by atomic mass is 10.4. The van der Waals surface area contributed by atoms with Crippen LogP contribution in [0.15, 0.2) is 12.3 Å². The Labute approximate surface area is 73.9 Å². The van der Waals surface area contributed by atoms with Gasteiger partial charge in [-0.3, -0.25) is 4.79 Å². The van der Waals surface area contributed by atoms with Crippen molar-refractivity contribution in [3.63, 3.8) is 0 Å². The molecule has 64 valence electrons. The summed E-state index contributed by atoms with van der Waals surface area (Å²) in [5.41, 5.74) is 0. The van der Waals surface area contributed by atoms with Gasteiger partial charge in [0.2, 0.25) is 5.78 Å². The summed E-state index contributed by atoms with van der Waals surface area (Å²) in [4.78, 5) is 10.5. The van der Waals surface area contributed by atoms with Crippen molar-refractivity contribution in [3.05, 3.63) is 12.3 Å². The first kappa shape index (κ1) is 10.7. The van der Waals surface area contributed by atoms with Crippen LogP contribution < -0.4 is 0 Å². The summed E-state index contributed by atoms with van der Waals surface area (Å²) in [6.07, 6.45) is 1.88. The Morgan fingerprint density at radius 3 is 2.64 bits per heavy atom. The van der Waals surface area contributed by atoms with E-state index < -0.39 is 10.4 Å². The topological polar surface area (TPSA) is 26.3 Å². The van der Waals surface area contributed by atoms with Crippen molar-refractivity contribution >= 4 is 29.0 Å². The maximum absolute atomic E-state index is 12.3. The Bertz CT molecular complexity index is 162. The Morgan fingerprint density at radius 2 is 2.27 bits per heavy atom. The van der Waals surface area contributed by atoms with Crippen LogP contribution in [-0.4, -0.2) is 17.0 Å². The maximum Gasteiger partial charge on any atom is 0.320 e. The average Bonchev–Trinajstić information content (AvgIpc) is 1.86. The normalized spacial score (nSPS) is 12.0. The van der Waals surface area contributed by atoms with Crippen LogP contribution in [0.5, 0.6) is 0 Å². The fraction of sp³-hybridized carbons (Fsp3) is 0.500. The molecule has 0 aromatic carbocycles. The SMILES string of the molecule is CCOC=CC(=O)C(F)(Cl)Cl. The third-order valence-electron chi connectivity index (χ3n) is 0.762. The third-order valence-corrected chi connectivity index (χ3v) is 1.13. The number of halogens is 3. The Kier molecular flexibility index (Phi) is 4.45. The monoisotopic (exact) mass is 200 g/mol. The van der Waals surface area contributed by atoms with E-state index in [0.717, 1.165) is 12.3 Å². The van der Waals surface area contributed by atoms with E-state index in [4.69, 9.17) is 23.2 Å². The van der Waals surface area contributed by atoms with E-state index in [9.17, 15) is 9.18 Å². The molecule has 0 aliphatic heterocycles. The van der Waals surface area contributed by atoms with Gasteiger partial charge in [0.15, 0.2) is 0 Å². The molecule has 0 rings (SSSR count). The van der Waals surface area contributed by atoms with E-state index in [1.165, 1.54) is 0 Å². The Balaban J connectivity index is 3.88. The van der Waals surface area contributed by atoms with Crippen molar-refractivity contribution in [1.29, 1.82) is 0 Å². The van der Waals surface area contributed by atoms with Crippen molar-refractivity contribution in [3.8, 4) is 0 Å². The Morgan fingerprint density at radius 1 is 1.73 bits per heavy atom. The highest BCUT2D eigenvalue weighted by Gasteiger charge is 2.30. The molecular weight excluding hydrogens is 194 g/mol. The molecule has 0 saturated heterocycles. The van der Waals surface area contributed by atoms with E-state index in [2.05, 4.69) is 4.74 Å². The molecule has 0 unspecified atom stereocenters. The van der Waals surface area contributed by atoms with Crippen LogP contribution in [0.3, 0.4) is 0 Å². The van der Waals surface area contributed by atoms with E-state index in [1.54, 1.807) is 6.92 Å². The average molecular weight is 201 g/mol. The first-order valence-electron chi connectivity index (χ1n) is 2.87. The number of hydrogen-bond acceptors (Lipinski definition) is 2. The molecular formula is C6H7Cl2FO2. The van der Waals surface area contributed by atoms with Crippen molar-refractivity contribution in [2.45, 2.75) is 11.5 Å². The molecule has 0 bridgehead atoms. The summed E-state index contributed by atoms with van der Waals surface area (Å²) in [5, 5.41) is 0. The van der Waals surface area contributed by atoms with E-state index in [1.807, 2.05) is 0 Å². The van der Waals surface area contributed by atoms with Gasteiger partial charge in [-0.2, -0.15) is 4.39 Å². The molecule has 2 nitrogen and oxygen atoms in total. The van der Waals surface area contributed by atoms with Gasteiger partial charge in [-0.1, -0.05) is 23.2 Å². The summed E-state index contributed by atoms with van der Waals surface area (Å²) >= 11 is 9.61. The second-order valence-corrected chi connectivity index (χ2v) is 2.86. The predicted octanol–water partition coefficient (Wildman–Crippen LogP) is 2.21. The molecule has 0 atom stereocenters. The molecule has 0 N–H and O–H groups in total. The number of alkyl halides is 3. The van der Waals surface area contributed by atoms with Crippen LogP contribution in [-0.2, 0) is 9.53 Å². The molecule has 11 heavy (non-hydrogen) atoms. The number of carbonyl (C=O) groups excluding carboxylic acids is 1. The van der Waals surface area contributed by atoms with Crippen LogP contribution in [0, 0.1) is 0 Å². The number of rotatable bonds is 4. The summed E-state index contributed by atoms with van der Waals surface area (Å²) < 4.78 is 14.0. The highest BCUT2D eigenvalue weighted by atomic mass is 35.5. The fourth-order valence-corrected chi connectivity index (χ4v) is 0.427. The maximum atomic E-state index is 12.3. The minimum absolute atomic E-state index is 0.396. The van der Waals surface area contributed by atoms with Crippen LogP contribution in [0.4, 0.5) is 4.39 Å². The van der Waals surface area contributed by atoms with E-state index in [0.29, 0.717) is 6.61 Å². The van der Waals surface area contributed by atoms with Gasteiger partial charge < -0.3 is 4.74 Å². The summed E-state index contributed by atoms with van der Waals surface area (Å²) in [5.74, 6) is -1.05. The zero-order valence-corrected chi connectivity index (χ0v) is 7.32. The van der Waals surface area contributed by atoms with Gasteiger partial charge in [0.1, 0.15) is 0 Å². The van der Waals surface area contributed by atoms with Gasteiger partial charge in [0.25, 0.3) is 0 Å². The highest BCUT2D eigenvalue weighted by Crippen LogP contribution is 2.23. The third kappa shape index (κ3) is 5.04. The van der Waals surface area contributed by atoms with Crippen LogP contribution in [0.1, 0.15) is 6.92 Å². The standard InChI is InChI=1S/C6H7Cl2FO2/c1-2-11-4-3-5(10)6(7,8)9/h3-4H,2H2,1H3. The number of ether oxygens (including phenoxy) is 1. The lowest BCUT2D eigenvalue weighted by Gasteiger charge is -2.02. The van der Waals surface area contributed by atoms with Crippen LogP contribution >= 0.6 is 23.2 Å². The molecule has 0 spiro atoms. The van der Waals surface area contributed by atoms with Crippen molar-refractivity contribution in [2.75, 3.05) is 6.61 Å². The van der Waals surface area contributed by atoms with E-state index in [-0.39, 0.29) is 0 Å². The second kappa shape index (κ2) is 4.57. The van der Waals surface area contributed by atoms with Crippen LogP contribution in [0.25, 0.3) is 0 Å². The van der Waals surface area contributed by atoms with Crippen LogP contribution in [0.2, 0.25) is 0 Å². The molecule has 5 heteroatoms. The highest BCUT2D eigenvalue weighted by molar-refractivity contribution is 6.57. The van der Waals surface area contributed by atoms with Gasteiger partial charge in [-0.05, 0) is 6.92 Å². The largest absolute Gasteiger partial charge is 0.501 e. The van der Waals surface area contributed by atoms with Crippen molar-refractivity contribution in [1.82, 2.24) is 0 Å². The first-order valence-corrected chi connectivity index (χ1v) is 3.63. The van der Waals surface area contributed by atoms with Crippen molar-refractivity contribution in [2.24, 2.45) is 0 Å². The zero-order chi connectivity index (χ0) is 8.91. The summed E-state index contributed by atoms with van der Waals surface area (Å²) in [6, 6.07) is 0. The van der Waals surface area contributed by atoms with Crippen molar-refractivity contribution < 1.29 is 13.9 Å². The number of hydrogen-bond donors (Lipinski definition) is 0. The molecule has 0 aliphatic carbocycles. The minimum atomic E-state index is -2.85. The fourth-order valence-electron chi connectivity index (χ4n) is 0.301. The second-order valence-electron chi connectivity index (χ2n) is 1.62. The summed E-state index contributed by atoms with van der Waals surface area (Å²) in [6.45, 7) is 2.12. The zero-order valence-electron chi connectivity index (χ0n) is 5.81. The van der Waals surface area contributed by atoms with E-state index >= 15 is 0 Å². The smallest absolute Gasteiger partial charge is 0.320 e. The lowest BCUT2D eigenvalue weighted by molar-refractivity contribution is -0.118. The van der Waals surface area contributed by atoms with Gasteiger partial charge in [0.05, 0.1) is 12.9 Å². The van der Waals surface area contributed by atoms with Gasteiger partial charge >= 0.3 is 4.59 Å². The lowest BCUT2D eigenvalue weighted by Crippen LogP contribution is -2.17. The number of allylic oxidation sites excluding steroid dienone is 1. The molecule has 0 aromatic heterocycles. The van der Waals surface area contributed by atoms with Gasteiger partial charge in [-0.25, -0.2) is 0 Å². The molecule has 0 saturated carbocycles. The van der Waals surface area contributed by atoms with Gasteiger partial charge in [0, 0.05) is 6.08 Å². The molecule has 0 amide bonds. The minimum Gasteiger partial charge on any atom is -0.501 e. The predicted molar refractivity (Wildman–Crippen MR) is 41.3 cm³/mol.